The first kappa shape index (κ1) is 12.5. The van der Waals surface area contributed by atoms with E-state index in [2.05, 4.69) is 0 Å². The van der Waals surface area contributed by atoms with Crippen LogP contribution in [0.2, 0.25) is 0 Å². The van der Waals surface area contributed by atoms with Gasteiger partial charge in [0.05, 0.1) is 0 Å². The van der Waals surface area contributed by atoms with E-state index in [9.17, 15) is 23.1 Å². The number of carbonyl (C=O) groups is 1. The summed E-state index contributed by atoms with van der Waals surface area (Å²) in [5.41, 5.74) is -1.69. The van der Waals surface area contributed by atoms with Crippen LogP contribution in [-0.2, 0) is 4.79 Å². The standard InChI is InChI=1S/C12H15F3O2/c1-10(2)6-4-5-11(10,3)8(16)7(6)9(17)12(13,14)15/h6,17H,4-5H2,1-3H3/t6?,11-/m0/s1. The summed E-state index contributed by atoms with van der Waals surface area (Å²) < 4.78 is 37.5. The van der Waals surface area contributed by atoms with Gasteiger partial charge in [0.25, 0.3) is 0 Å². The molecule has 0 aliphatic heterocycles. The molecule has 2 bridgehead atoms. The van der Waals surface area contributed by atoms with Gasteiger partial charge in [-0.15, -0.1) is 0 Å². The Hall–Kier alpha value is -1.00. The van der Waals surface area contributed by atoms with Crippen molar-refractivity contribution in [2.75, 3.05) is 0 Å². The van der Waals surface area contributed by atoms with Crippen LogP contribution >= 0.6 is 0 Å². The van der Waals surface area contributed by atoms with Crippen molar-refractivity contribution in [3.05, 3.63) is 11.3 Å². The van der Waals surface area contributed by atoms with Crippen LogP contribution in [0.25, 0.3) is 0 Å². The van der Waals surface area contributed by atoms with Gasteiger partial charge >= 0.3 is 6.18 Å². The van der Waals surface area contributed by atoms with Gasteiger partial charge in [-0.25, -0.2) is 0 Å². The molecule has 0 aromatic carbocycles. The van der Waals surface area contributed by atoms with E-state index >= 15 is 0 Å². The number of carbonyl (C=O) groups excluding carboxylic acids is 1. The molecule has 2 atom stereocenters. The molecule has 96 valence electrons. The minimum atomic E-state index is -4.83. The maximum Gasteiger partial charge on any atom is 0.449 e. The smallest absolute Gasteiger partial charge is 0.449 e. The van der Waals surface area contributed by atoms with Crippen molar-refractivity contribution >= 4 is 5.78 Å². The van der Waals surface area contributed by atoms with Crippen LogP contribution in [0, 0.1) is 16.7 Å². The molecule has 2 rings (SSSR count). The molecular formula is C12H15F3O2. The number of rotatable bonds is 0. The highest BCUT2D eigenvalue weighted by molar-refractivity contribution is 6.05. The molecule has 1 N–H and O–H groups in total. The van der Waals surface area contributed by atoms with Crippen LogP contribution in [0.1, 0.15) is 33.6 Å². The van der Waals surface area contributed by atoms with Gasteiger partial charge in [0.1, 0.15) is 0 Å². The van der Waals surface area contributed by atoms with Crippen molar-refractivity contribution < 1.29 is 23.1 Å². The summed E-state index contributed by atoms with van der Waals surface area (Å²) in [6, 6.07) is 0. The highest BCUT2D eigenvalue weighted by Crippen LogP contribution is 2.66. The van der Waals surface area contributed by atoms with Crippen LogP contribution < -0.4 is 0 Å². The minimum Gasteiger partial charge on any atom is -0.504 e. The number of fused-ring (bicyclic) bond motifs is 2. The molecule has 0 radical (unpaired) electrons. The highest BCUT2D eigenvalue weighted by atomic mass is 19.4. The lowest BCUT2D eigenvalue weighted by atomic mass is 9.70. The zero-order chi connectivity index (χ0) is 13.2. The van der Waals surface area contributed by atoms with E-state index in [0.29, 0.717) is 12.8 Å². The first-order valence-electron chi connectivity index (χ1n) is 5.58. The van der Waals surface area contributed by atoms with Gasteiger partial charge in [0.2, 0.25) is 5.76 Å². The minimum absolute atomic E-state index is 0.406. The topological polar surface area (TPSA) is 37.3 Å². The van der Waals surface area contributed by atoms with Crippen LogP contribution in [0.3, 0.4) is 0 Å². The Morgan fingerprint density at radius 2 is 1.88 bits per heavy atom. The Morgan fingerprint density at radius 3 is 2.24 bits per heavy atom. The largest absolute Gasteiger partial charge is 0.504 e. The SMILES string of the molecule is CC1(C)C2CC[C@@]1(C)C(=O)C2=C(O)C(F)(F)F. The van der Waals surface area contributed by atoms with Gasteiger partial charge in [-0.05, 0) is 24.2 Å². The first-order chi connectivity index (χ1) is 7.53. The van der Waals surface area contributed by atoms with E-state index in [1.807, 2.05) is 0 Å². The van der Waals surface area contributed by atoms with Gasteiger partial charge in [-0.1, -0.05) is 20.8 Å². The van der Waals surface area contributed by atoms with E-state index in [1.54, 1.807) is 20.8 Å². The summed E-state index contributed by atoms with van der Waals surface area (Å²) in [7, 11) is 0. The molecular weight excluding hydrogens is 233 g/mol. The van der Waals surface area contributed by atoms with Crippen LogP contribution in [-0.4, -0.2) is 17.1 Å². The second-order valence-corrected chi connectivity index (χ2v) is 5.73. The molecule has 2 fully saturated rings. The molecule has 2 nitrogen and oxygen atoms in total. The van der Waals surface area contributed by atoms with Gasteiger partial charge in [-0.2, -0.15) is 13.2 Å². The molecule has 17 heavy (non-hydrogen) atoms. The predicted molar refractivity (Wildman–Crippen MR) is 55.3 cm³/mol. The maximum absolute atomic E-state index is 12.5. The Balaban J connectivity index is 2.60. The fourth-order valence-corrected chi connectivity index (χ4v) is 3.29. The first-order valence-corrected chi connectivity index (χ1v) is 5.58. The Morgan fingerprint density at radius 1 is 1.35 bits per heavy atom. The molecule has 0 aromatic heterocycles. The van der Waals surface area contributed by atoms with Crippen molar-refractivity contribution in [1.82, 2.24) is 0 Å². The van der Waals surface area contributed by atoms with Crippen molar-refractivity contribution in [3.63, 3.8) is 0 Å². The number of allylic oxidation sites excluding steroid dienone is 2. The normalized spacial score (nSPS) is 38.7. The number of halogens is 3. The second kappa shape index (κ2) is 3.06. The van der Waals surface area contributed by atoms with Gasteiger partial charge in [0, 0.05) is 11.0 Å². The summed E-state index contributed by atoms with van der Waals surface area (Å²) in [6.45, 7) is 5.31. The third-order valence-electron chi connectivity index (χ3n) is 4.84. The third kappa shape index (κ3) is 1.31. The van der Waals surface area contributed by atoms with Crippen LogP contribution in [0.5, 0.6) is 0 Å². The number of hydrogen-bond acceptors (Lipinski definition) is 2. The Labute approximate surface area is 97.5 Å². The number of Topliss-reactive ketones (excluding diaryl/α,β-unsaturated/α-hetero) is 1. The molecule has 2 aliphatic rings. The molecule has 0 heterocycles. The molecule has 2 saturated carbocycles. The van der Waals surface area contributed by atoms with Crippen molar-refractivity contribution in [2.24, 2.45) is 16.7 Å². The third-order valence-corrected chi connectivity index (χ3v) is 4.84. The van der Waals surface area contributed by atoms with Crippen molar-refractivity contribution in [3.8, 4) is 0 Å². The van der Waals surface area contributed by atoms with E-state index in [-0.39, 0.29) is 0 Å². The Kier molecular flexibility index (Phi) is 2.24. The molecule has 0 spiro atoms. The average molecular weight is 248 g/mol. The lowest BCUT2D eigenvalue weighted by molar-refractivity contribution is -0.131. The predicted octanol–water partition coefficient (Wildman–Crippen LogP) is 3.39. The number of aliphatic hydroxyl groups excluding tert-OH is 1. The quantitative estimate of drug-likeness (QED) is 0.527. The molecule has 0 aromatic rings. The fraction of sp³-hybridized carbons (Fsp3) is 0.750. The van der Waals surface area contributed by atoms with E-state index in [4.69, 9.17) is 0 Å². The number of ketones is 1. The lowest BCUT2D eigenvalue weighted by Gasteiger charge is -2.31. The average Bonchev–Trinajstić information content (AvgIpc) is 2.47. The lowest BCUT2D eigenvalue weighted by Crippen LogP contribution is -2.32. The number of alkyl halides is 3. The van der Waals surface area contributed by atoms with Gasteiger partial charge in [-0.3, -0.25) is 4.79 Å². The van der Waals surface area contributed by atoms with Gasteiger partial charge < -0.3 is 5.11 Å². The maximum atomic E-state index is 12.5. The van der Waals surface area contributed by atoms with E-state index in [0.717, 1.165) is 0 Å². The van der Waals surface area contributed by atoms with Crippen LogP contribution in [0.4, 0.5) is 13.2 Å². The summed E-state index contributed by atoms with van der Waals surface area (Å²) in [5.74, 6) is -2.71. The molecule has 2 aliphatic carbocycles. The molecule has 0 amide bonds. The molecule has 0 saturated heterocycles. The van der Waals surface area contributed by atoms with Gasteiger partial charge in [0.15, 0.2) is 5.78 Å². The second-order valence-electron chi connectivity index (χ2n) is 5.73. The summed E-state index contributed by atoms with van der Waals surface area (Å²) >= 11 is 0. The van der Waals surface area contributed by atoms with E-state index < -0.39 is 40.0 Å². The molecule has 1 unspecified atom stereocenters. The van der Waals surface area contributed by atoms with Crippen molar-refractivity contribution in [2.45, 2.75) is 39.8 Å². The number of aliphatic hydroxyl groups is 1. The summed E-state index contributed by atoms with van der Waals surface area (Å²) in [6.07, 6.45) is -3.70. The van der Waals surface area contributed by atoms with E-state index in [1.165, 1.54) is 0 Å². The van der Waals surface area contributed by atoms with Crippen molar-refractivity contribution in [1.29, 1.82) is 0 Å². The summed E-state index contributed by atoms with van der Waals surface area (Å²) in [4.78, 5) is 12.1. The molecule has 5 heteroatoms. The monoisotopic (exact) mass is 248 g/mol. The highest BCUT2D eigenvalue weighted by Gasteiger charge is 2.66. The zero-order valence-electron chi connectivity index (χ0n) is 9.98. The summed E-state index contributed by atoms with van der Waals surface area (Å²) in [5, 5.41) is 9.26. The van der Waals surface area contributed by atoms with Crippen LogP contribution in [0.15, 0.2) is 11.3 Å². The Bertz CT molecular complexity index is 420. The zero-order valence-corrected chi connectivity index (χ0v) is 9.98. The fourth-order valence-electron chi connectivity index (χ4n) is 3.29. The number of hydrogen-bond donors (Lipinski definition) is 1.